The highest BCUT2D eigenvalue weighted by molar-refractivity contribution is 7.89. The highest BCUT2D eigenvalue weighted by atomic mass is 32.2. The van der Waals surface area contributed by atoms with E-state index in [2.05, 4.69) is 10.6 Å². The lowest BCUT2D eigenvalue weighted by Gasteiger charge is -2.22. The van der Waals surface area contributed by atoms with Gasteiger partial charge in [0.25, 0.3) is 0 Å². The van der Waals surface area contributed by atoms with Crippen LogP contribution in [0.2, 0.25) is 0 Å². The first-order valence-electron chi connectivity index (χ1n) is 7.44. The van der Waals surface area contributed by atoms with Crippen molar-refractivity contribution in [3.8, 4) is 0 Å². The van der Waals surface area contributed by atoms with Gasteiger partial charge in [0.05, 0.1) is 0 Å². The molecule has 20 heavy (non-hydrogen) atoms. The third-order valence-corrected chi connectivity index (χ3v) is 5.62. The maximum Gasteiger partial charge on any atom is 0.236 e. The molecule has 0 aromatic rings. The van der Waals surface area contributed by atoms with Gasteiger partial charge in [0.15, 0.2) is 0 Å². The Balaban J connectivity index is 2.28. The van der Waals surface area contributed by atoms with E-state index in [1.807, 2.05) is 0 Å². The van der Waals surface area contributed by atoms with E-state index in [1.165, 1.54) is 17.1 Å². The molecule has 1 fully saturated rings. The van der Waals surface area contributed by atoms with Gasteiger partial charge in [-0.2, -0.15) is 0 Å². The van der Waals surface area contributed by atoms with Crippen molar-refractivity contribution >= 4 is 15.9 Å². The summed E-state index contributed by atoms with van der Waals surface area (Å²) < 4.78 is 25.2. The van der Waals surface area contributed by atoms with Crippen molar-refractivity contribution in [2.24, 2.45) is 5.92 Å². The minimum Gasteiger partial charge on any atom is -0.355 e. The Bertz CT molecular complexity index is 388. The summed E-state index contributed by atoms with van der Waals surface area (Å²) in [5.41, 5.74) is 0. The third-order valence-electron chi connectivity index (χ3n) is 3.69. The Labute approximate surface area is 122 Å². The van der Waals surface area contributed by atoms with Gasteiger partial charge in [-0.25, -0.2) is 12.7 Å². The van der Waals surface area contributed by atoms with Crippen molar-refractivity contribution in [1.29, 1.82) is 0 Å². The fourth-order valence-electron chi connectivity index (χ4n) is 2.51. The van der Waals surface area contributed by atoms with Gasteiger partial charge in [0, 0.05) is 19.6 Å². The Morgan fingerprint density at radius 3 is 2.60 bits per heavy atom. The molecule has 1 aliphatic rings. The molecule has 6 nitrogen and oxygen atoms in total. The zero-order valence-corrected chi connectivity index (χ0v) is 13.3. The number of hydrogen-bond acceptors (Lipinski definition) is 4. The lowest BCUT2D eigenvalue weighted by atomic mass is 9.96. The summed E-state index contributed by atoms with van der Waals surface area (Å²) in [6, 6.07) is 0. The van der Waals surface area contributed by atoms with Crippen LogP contribution in [-0.4, -0.2) is 57.1 Å². The molecule has 0 aromatic heterocycles. The molecule has 1 aliphatic heterocycles. The highest BCUT2D eigenvalue weighted by Crippen LogP contribution is 2.12. The Morgan fingerprint density at radius 2 is 2.05 bits per heavy atom. The standard InChI is InChI=1S/C13H27N3O3S/c1-3-16(4-2)20(18,19)11-13(17)15-9-7-12-6-5-8-14-10-12/h12,14H,3-11H2,1-2H3,(H,15,17). The fraction of sp³-hybridized carbons (Fsp3) is 0.923. The molecule has 1 rings (SSSR count). The molecule has 118 valence electrons. The molecule has 0 aliphatic carbocycles. The van der Waals surface area contributed by atoms with Crippen molar-refractivity contribution in [2.75, 3.05) is 38.5 Å². The minimum atomic E-state index is -3.47. The third kappa shape index (κ3) is 5.76. The first kappa shape index (κ1) is 17.4. The summed E-state index contributed by atoms with van der Waals surface area (Å²) in [6.45, 7) is 6.97. The fourth-order valence-corrected chi connectivity index (χ4v) is 3.91. The predicted molar refractivity (Wildman–Crippen MR) is 79.9 cm³/mol. The predicted octanol–water partition coefficient (Wildman–Crippen LogP) is 0.164. The van der Waals surface area contributed by atoms with Crippen LogP contribution in [0.25, 0.3) is 0 Å². The van der Waals surface area contributed by atoms with E-state index in [0.717, 1.165) is 19.5 Å². The quantitative estimate of drug-likeness (QED) is 0.670. The number of hydrogen-bond donors (Lipinski definition) is 2. The van der Waals surface area contributed by atoms with Crippen LogP contribution in [0.5, 0.6) is 0 Å². The first-order chi connectivity index (χ1) is 9.49. The summed E-state index contributed by atoms with van der Waals surface area (Å²) in [7, 11) is -3.47. The van der Waals surface area contributed by atoms with Crippen molar-refractivity contribution in [1.82, 2.24) is 14.9 Å². The molecule has 0 radical (unpaired) electrons. The summed E-state index contributed by atoms with van der Waals surface area (Å²) in [5.74, 6) is -0.262. The molecule has 1 atom stereocenters. The number of nitrogens with one attached hydrogen (secondary N) is 2. The maximum atomic E-state index is 11.9. The van der Waals surface area contributed by atoms with Crippen molar-refractivity contribution in [3.63, 3.8) is 0 Å². The van der Waals surface area contributed by atoms with Crippen molar-refractivity contribution in [3.05, 3.63) is 0 Å². The molecular formula is C13H27N3O3S. The highest BCUT2D eigenvalue weighted by Gasteiger charge is 2.22. The summed E-state index contributed by atoms with van der Waals surface area (Å²) in [6.07, 6.45) is 3.26. The number of rotatable bonds is 8. The van der Waals surface area contributed by atoms with Crippen molar-refractivity contribution in [2.45, 2.75) is 33.1 Å². The summed E-state index contributed by atoms with van der Waals surface area (Å²) in [5, 5.41) is 6.04. The largest absolute Gasteiger partial charge is 0.355 e. The van der Waals surface area contributed by atoms with Gasteiger partial charge in [-0.3, -0.25) is 4.79 Å². The van der Waals surface area contributed by atoms with E-state index >= 15 is 0 Å². The number of carbonyl (C=O) groups excluding carboxylic acids is 1. The van der Waals surface area contributed by atoms with Gasteiger partial charge in [-0.05, 0) is 38.3 Å². The molecule has 1 saturated heterocycles. The SMILES string of the molecule is CCN(CC)S(=O)(=O)CC(=O)NCCC1CCCNC1. The Kier molecular flexibility index (Phi) is 7.47. The maximum absolute atomic E-state index is 11.9. The van der Waals surface area contributed by atoms with Gasteiger partial charge in [0.2, 0.25) is 15.9 Å². The molecular weight excluding hydrogens is 278 g/mol. The van der Waals surface area contributed by atoms with Gasteiger partial charge >= 0.3 is 0 Å². The average Bonchev–Trinajstić information content (AvgIpc) is 2.40. The molecule has 1 heterocycles. The van der Waals surface area contributed by atoms with E-state index in [4.69, 9.17) is 0 Å². The number of sulfonamides is 1. The lowest BCUT2D eigenvalue weighted by Crippen LogP contribution is -2.40. The van der Waals surface area contributed by atoms with Crippen LogP contribution in [0.15, 0.2) is 0 Å². The number of piperidine rings is 1. The topological polar surface area (TPSA) is 78.5 Å². The normalized spacial score (nSPS) is 20.1. The van der Waals surface area contributed by atoms with Crippen LogP contribution in [0.1, 0.15) is 33.1 Å². The average molecular weight is 305 g/mol. The van der Waals surface area contributed by atoms with E-state index in [9.17, 15) is 13.2 Å². The number of amides is 1. The van der Waals surface area contributed by atoms with Crippen LogP contribution < -0.4 is 10.6 Å². The van der Waals surface area contributed by atoms with Gasteiger partial charge in [-0.1, -0.05) is 13.8 Å². The molecule has 0 bridgehead atoms. The Morgan fingerprint density at radius 1 is 1.35 bits per heavy atom. The smallest absolute Gasteiger partial charge is 0.236 e. The van der Waals surface area contributed by atoms with E-state index in [-0.39, 0.29) is 0 Å². The monoisotopic (exact) mass is 305 g/mol. The second-order valence-corrected chi connectivity index (χ2v) is 7.16. The van der Waals surface area contributed by atoms with Crippen LogP contribution >= 0.6 is 0 Å². The van der Waals surface area contributed by atoms with Crippen molar-refractivity contribution < 1.29 is 13.2 Å². The summed E-state index contributed by atoms with van der Waals surface area (Å²) >= 11 is 0. The molecule has 0 spiro atoms. The minimum absolute atomic E-state index is 0.402. The lowest BCUT2D eigenvalue weighted by molar-refractivity contribution is -0.118. The number of carbonyl (C=O) groups is 1. The molecule has 1 amide bonds. The van der Waals surface area contributed by atoms with Gasteiger partial charge in [-0.15, -0.1) is 0 Å². The van der Waals surface area contributed by atoms with Gasteiger partial charge < -0.3 is 10.6 Å². The molecule has 7 heteroatoms. The second-order valence-electron chi connectivity index (χ2n) is 5.19. The van der Waals surface area contributed by atoms with Crippen LogP contribution in [0.4, 0.5) is 0 Å². The molecule has 2 N–H and O–H groups in total. The molecule has 0 saturated carbocycles. The van der Waals surface area contributed by atoms with E-state index < -0.39 is 21.7 Å². The first-order valence-corrected chi connectivity index (χ1v) is 9.05. The van der Waals surface area contributed by atoms with E-state index in [1.54, 1.807) is 13.8 Å². The molecule has 1 unspecified atom stereocenters. The van der Waals surface area contributed by atoms with Crippen LogP contribution in [-0.2, 0) is 14.8 Å². The van der Waals surface area contributed by atoms with Gasteiger partial charge in [0.1, 0.15) is 5.75 Å². The zero-order valence-electron chi connectivity index (χ0n) is 12.5. The summed E-state index contributed by atoms with van der Waals surface area (Å²) in [4.78, 5) is 11.7. The molecule has 0 aromatic carbocycles. The van der Waals surface area contributed by atoms with Crippen LogP contribution in [0, 0.1) is 5.92 Å². The van der Waals surface area contributed by atoms with E-state index in [0.29, 0.717) is 25.6 Å². The number of nitrogens with zero attached hydrogens (tertiary/aromatic N) is 1. The zero-order chi connectivity index (χ0) is 15.0. The Hall–Kier alpha value is -0.660. The van der Waals surface area contributed by atoms with Crippen LogP contribution in [0.3, 0.4) is 0 Å². The second kappa shape index (κ2) is 8.59.